The van der Waals surface area contributed by atoms with Crippen molar-refractivity contribution in [2.75, 3.05) is 19.8 Å². The molecule has 73 heavy (non-hydrogen) atoms. The van der Waals surface area contributed by atoms with Crippen molar-refractivity contribution >= 4 is 11.9 Å². The zero-order chi connectivity index (χ0) is 53.1. The van der Waals surface area contributed by atoms with Crippen molar-refractivity contribution < 1.29 is 49.3 Å². The number of hydrogen-bond donors (Lipinski definition) is 6. The van der Waals surface area contributed by atoms with Gasteiger partial charge in [-0.2, -0.15) is 0 Å². The van der Waals surface area contributed by atoms with Crippen molar-refractivity contribution in [2.45, 2.75) is 275 Å². The zero-order valence-corrected chi connectivity index (χ0v) is 46.1. The van der Waals surface area contributed by atoms with Gasteiger partial charge in [0.15, 0.2) is 6.29 Å². The highest BCUT2D eigenvalue weighted by molar-refractivity contribution is 5.76. The molecule has 420 valence electrons. The fraction of sp³-hybridized carbons (Fsp3) is 0.742. The molecule has 1 rings (SSSR count). The van der Waals surface area contributed by atoms with Crippen LogP contribution in [0.3, 0.4) is 0 Å². The fourth-order valence-corrected chi connectivity index (χ4v) is 8.53. The lowest BCUT2D eigenvalue weighted by atomic mass is 9.99. The summed E-state index contributed by atoms with van der Waals surface area (Å²) in [6.45, 7) is 4.10. The van der Waals surface area contributed by atoms with Gasteiger partial charge in [-0.3, -0.25) is 9.59 Å². The van der Waals surface area contributed by atoms with Crippen LogP contribution in [0, 0.1) is 0 Å². The van der Waals surface area contributed by atoms with Gasteiger partial charge < -0.3 is 45.1 Å². The third-order valence-electron chi connectivity index (χ3n) is 13.2. The summed E-state index contributed by atoms with van der Waals surface area (Å²) in [6, 6.07) is -0.848. The fourth-order valence-electron chi connectivity index (χ4n) is 8.53. The first-order valence-electron chi connectivity index (χ1n) is 29.4. The number of ether oxygens (including phenoxy) is 3. The number of hydrogen-bond acceptors (Lipinski definition) is 10. The maximum Gasteiger partial charge on any atom is 0.305 e. The van der Waals surface area contributed by atoms with Crippen molar-refractivity contribution in [1.82, 2.24) is 5.32 Å². The summed E-state index contributed by atoms with van der Waals surface area (Å²) < 4.78 is 16.6. The number of unbranched alkanes of at least 4 members (excludes halogenated alkanes) is 23. The first-order valence-corrected chi connectivity index (χ1v) is 29.4. The number of esters is 1. The molecule has 0 aromatic rings. The number of aliphatic hydroxyl groups is 5. The Morgan fingerprint density at radius 3 is 1.49 bits per heavy atom. The van der Waals surface area contributed by atoms with Crippen LogP contribution in [-0.2, 0) is 23.8 Å². The summed E-state index contributed by atoms with van der Waals surface area (Å²) in [7, 11) is 0. The van der Waals surface area contributed by atoms with Crippen LogP contribution in [0.4, 0.5) is 0 Å². The van der Waals surface area contributed by atoms with Gasteiger partial charge in [-0.1, -0.05) is 182 Å². The molecule has 11 heteroatoms. The van der Waals surface area contributed by atoms with Crippen LogP contribution >= 0.6 is 0 Å². The standard InChI is InChI=1S/C62H107NO10/c1-3-5-7-9-11-13-15-16-17-18-21-24-27-30-34-38-42-46-50-58(67)71-51-47-43-39-35-31-28-25-22-19-20-23-26-29-33-37-41-45-49-57(66)63-54(53-72-62-61(70)60(69)59(68)56(52-64)73-62)55(65)48-44-40-36-32-14-12-10-8-6-4-2/h6,8,13-15,17-19,22,28,31-32,44,48,54-56,59-62,64-65,68-70H,3-5,7,9-12,16,20-21,23-27,29-30,33-43,45-47,49-53H2,1-2H3,(H,63,66)/b8-6+,15-13-,18-17-,22-19-,31-28-,32-14+,48-44+. The van der Waals surface area contributed by atoms with Crippen molar-refractivity contribution in [2.24, 2.45) is 0 Å². The predicted molar refractivity (Wildman–Crippen MR) is 301 cm³/mol. The third kappa shape index (κ3) is 40.8. The van der Waals surface area contributed by atoms with Crippen molar-refractivity contribution in [3.05, 3.63) is 85.1 Å². The molecule has 0 aliphatic carbocycles. The summed E-state index contributed by atoms with van der Waals surface area (Å²) in [6.07, 6.45) is 58.3. The molecular weight excluding hydrogens is 919 g/mol. The molecule has 0 bridgehead atoms. The van der Waals surface area contributed by atoms with Crippen LogP contribution in [0.1, 0.15) is 232 Å². The highest BCUT2D eigenvalue weighted by atomic mass is 16.7. The van der Waals surface area contributed by atoms with E-state index in [1.807, 2.05) is 6.08 Å². The van der Waals surface area contributed by atoms with Gasteiger partial charge in [-0.05, 0) is 122 Å². The average molecular weight is 1030 g/mol. The molecule has 6 N–H and O–H groups in total. The predicted octanol–water partition coefficient (Wildman–Crippen LogP) is 13.4. The minimum absolute atomic E-state index is 0.0424. The lowest BCUT2D eigenvalue weighted by molar-refractivity contribution is -0.302. The third-order valence-corrected chi connectivity index (χ3v) is 13.2. The minimum Gasteiger partial charge on any atom is -0.466 e. The van der Waals surface area contributed by atoms with E-state index in [0.29, 0.717) is 25.9 Å². The van der Waals surface area contributed by atoms with Crippen LogP contribution in [0.15, 0.2) is 85.1 Å². The first-order chi connectivity index (χ1) is 35.7. The second-order valence-corrected chi connectivity index (χ2v) is 19.9. The van der Waals surface area contributed by atoms with E-state index in [-0.39, 0.29) is 18.5 Å². The number of amides is 1. The minimum atomic E-state index is -1.59. The summed E-state index contributed by atoms with van der Waals surface area (Å²) in [5.41, 5.74) is 0. The van der Waals surface area contributed by atoms with Crippen LogP contribution < -0.4 is 5.32 Å². The quantitative estimate of drug-likeness (QED) is 0.0195. The summed E-state index contributed by atoms with van der Waals surface area (Å²) in [5.74, 6) is -0.260. The molecule has 1 amide bonds. The van der Waals surface area contributed by atoms with Crippen LogP contribution in [0.25, 0.3) is 0 Å². The molecular formula is C62H107NO10. The zero-order valence-electron chi connectivity index (χ0n) is 46.1. The second-order valence-electron chi connectivity index (χ2n) is 19.9. The van der Waals surface area contributed by atoms with E-state index in [2.05, 4.69) is 92.1 Å². The van der Waals surface area contributed by atoms with Gasteiger partial charge >= 0.3 is 5.97 Å². The topological polar surface area (TPSA) is 175 Å². The van der Waals surface area contributed by atoms with E-state index >= 15 is 0 Å². The SMILES string of the molecule is CC/C=C/CC/C=C/CC/C=C/C(O)C(COC1OC(CO)C(O)C(O)C1O)NC(=O)CCCCCCCCC/C=C\C/C=C\CCCCCOC(=O)CCCCCCCCC/C=C\C/C=C\CCCCCC. The van der Waals surface area contributed by atoms with Gasteiger partial charge in [-0.25, -0.2) is 0 Å². The molecule has 1 aliphatic heterocycles. The monoisotopic (exact) mass is 1030 g/mol. The number of allylic oxidation sites excluding steroid dienone is 13. The van der Waals surface area contributed by atoms with Gasteiger partial charge in [0.2, 0.25) is 5.91 Å². The number of carbonyl (C=O) groups excluding carboxylic acids is 2. The summed E-state index contributed by atoms with van der Waals surface area (Å²) in [4.78, 5) is 25.1. The Balaban J connectivity index is 2.09. The van der Waals surface area contributed by atoms with E-state index < -0.39 is 49.5 Å². The molecule has 1 fully saturated rings. The number of rotatable bonds is 49. The number of carbonyl (C=O) groups is 2. The van der Waals surface area contributed by atoms with Crippen molar-refractivity contribution in [1.29, 1.82) is 0 Å². The van der Waals surface area contributed by atoms with Crippen LogP contribution in [0.2, 0.25) is 0 Å². The highest BCUT2D eigenvalue weighted by Crippen LogP contribution is 2.23. The number of aliphatic hydroxyl groups excluding tert-OH is 5. The molecule has 0 saturated carbocycles. The Kier molecular flexibility index (Phi) is 47.4. The lowest BCUT2D eigenvalue weighted by Crippen LogP contribution is -2.60. The van der Waals surface area contributed by atoms with Crippen molar-refractivity contribution in [3.63, 3.8) is 0 Å². The van der Waals surface area contributed by atoms with Gasteiger partial charge in [-0.15, -0.1) is 0 Å². The maximum absolute atomic E-state index is 13.0. The maximum atomic E-state index is 13.0. The van der Waals surface area contributed by atoms with Gasteiger partial charge in [0, 0.05) is 12.8 Å². The van der Waals surface area contributed by atoms with Crippen LogP contribution in [0.5, 0.6) is 0 Å². The Morgan fingerprint density at radius 1 is 0.521 bits per heavy atom. The molecule has 0 spiro atoms. The molecule has 11 nitrogen and oxygen atoms in total. The van der Waals surface area contributed by atoms with Crippen LogP contribution in [-0.4, -0.2) is 100 Å². The average Bonchev–Trinajstić information content (AvgIpc) is 3.39. The molecule has 0 aromatic heterocycles. The molecule has 1 aliphatic rings. The molecule has 7 unspecified atom stereocenters. The highest BCUT2D eigenvalue weighted by Gasteiger charge is 2.44. The van der Waals surface area contributed by atoms with E-state index in [1.165, 1.54) is 83.5 Å². The van der Waals surface area contributed by atoms with Crippen molar-refractivity contribution in [3.8, 4) is 0 Å². The Morgan fingerprint density at radius 2 is 0.973 bits per heavy atom. The Bertz CT molecular complexity index is 1490. The van der Waals surface area contributed by atoms with E-state index in [4.69, 9.17) is 14.2 Å². The van der Waals surface area contributed by atoms with Gasteiger partial charge in [0.1, 0.15) is 24.4 Å². The lowest BCUT2D eigenvalue weighted by Gasteiger charge is -2.40. The molecule has 0 aromatic carbocycles. The number of nitrogens with one attached hydrogen (secondary N) is 1. The Hall–Kier alpha value is -3.16. The smallest absolute Gasteiger partial charge is 0.305 e. The molecule has 1 saturated heterocycles. The molecule has 0 radical (unpaired) electrons. The largest absolute Gasteiger partial charge is 0.466 e. The van der Waals surface area contributed by atoms with Gasteiger partial charge in [0.25, 0.3) is 0 Å². The van der Waals surface area contributed by atoms with E-state index in [9.17, 15) is 35.1 Å². The molecule has 7 atom stereocenters. The normalized spacial score (nSPS) is 19.6. The Labute approximate surface area is 444 Å². The second kappa shape index (κ2) is 51.0. The summed E-state index contributed by atoms with van der Waals surface area (Å²) in [5, 5.41) is 54.1. The first kappa shape index (κ1) is 67.9. The van der Waals surface area contributed by atoms with E-state index in [0.717, 1.165) is 116 Å². The van der Waals surface area contributed by atoms with E-state index in [1.54, 1.807) is 6.08 Å². The summed E-state index contributed by atoms with van der Waals surface area (Å²) >= 11 is 0. The van der Waals surface area contributed by atoms with Gasteiger partial charge in [0.05, 0.1) is 32.0 Å². The molecule has 1 heterocycles.